The number of rotatable bonds is 2. The number of halogens is 3. The van der Waals surface area contributed by atoms with Gasteiger partial charge in [0, 0.05) is 11.8 Å². The molecule has 1 atom stereocenters. The molecular formula is C15H16Cl3N5S. The van der Waals surface area contributed by atoms with E-state index >= 15 is 0 Å². The van der Waals surface area contributed by atoms with Gasteiger partial charge in [0.05, 0.1) is 20.1 Å². The normalized spacial score (nSPS) is 18.0. The van der Waals surface area contributed by atoms with Gasteiger partial charge in [-0.1, -0.05) is 23.2 Å². The fourth-order valence-electron chi connectivity index (χ4n) is 2.88. The topological polar surface area (TPSA) is 87.2 Å². The van der Waals surface area contributed by atoms with Crippen molar-refractivity contribution in [1.29, 1.82) is 5.41 Å². The van der Waals surface area contributed by atoms with Crippen LogP contribution in [0.4, 0.5) is 0 Å². The first-order chi connectivity index (χ1) is 11.0. The highest BCUT2D eigenvalue weighted by Crippen LogP contribution is 2.41. The van der Waals surface area contributed by atoms with Gasteiger partial charge in [-0.25, -0.2) is 5.43 Å². The Morgan fingerprint density at radius 1 is 1.46 bits per heavy atom. The van der Waals surface area contributed by atoms with Crippen molar-refractivity contribution in [2.24, 2.45) is 10.8 Å². The number of hydrogen-bond acceptors (Lipinski definition) is 4. The van der Waals surface area contributed by atoms with Gasteiger partial charge in [-0.05, 0) is 48.9 Å². The molecule has 9 heteroatoms. The summed E-state index contributed by atoms with van der Waals surface area (Å²) in [7, 11) is 0. The zero-order valence-corrected chi connectivity index (χ0v) is 15.9. The van der Waals surface area contributed by atoms with Crippen LogP contribution in [0.2, 0.25) is 8.67 Å². The first kappa shape index (κ1) is 19.0. The summed E-state index contributed by atoms with van der Waals surface area (Å²) in [5.74, 6) is -0.0418. The molecule has 4 N–H and O–H groups in total. The Hall–Kier alpha value is -1.34. The first-order valence-corrected chi connectivity index (χ1v) is 8.59. The fraction of sp³-hybridized carbons (Fsp3) is 0.267. The van der Waals surface area contributed by atoms with E-state index in [1.54, 1.807) is 6.20 Å². The minimum absolute atomic E-state index is 0. The Morgan fingerprint density at radius 3 is 2.83 bits per heavy atom. The Kier molecular flexibility index (Phi) is 6.09. The summed E-state index contributed by atoms with van der Waals surface area (Å²) in [6.45, 7) is 2.03. The monoisotopic (exact) mass is 403 g/mol. The van der Waals surface area contributed by atoms with Gasteiger partial charge in [-0.2, -0.15) is 5.10 Å². The Balaban J connectivity index is 0.00000208. The van der Waals surface area contributed by atoms with Crippen molar-refractivity contribution in [2.45, 2.75) is 25.7 Å². The lowest BCUT2D eigenvalue weighted by Crippen LogP contribution is -2.29. The summed E-state index contributed by atoms with van der Waals surface area (Å²) in [5, 5.41) is 11.6. The zero-order valence-electron chi connectivity index (χ0n) is 12.8. The highest BCUT2D eigenvalue weighted by atomic mass is 35.5. The van der Waals surface area contributed by atoms with Gasteiger partial charge in [0.1, 0.15) is 0 Å². The van der Waals surface area contributed by atoms with Crippen molar-refractivity contribution < 1.29 is 0 Å². The summed E-state index contributed by atoms with van der Waals surface area (Å²) in [6, 6.07) is 3.87. The average Bonchev–Trinajstić information content (AvgIpc) is 2.83. The molecule has 2 aromatic heterocycles. The van der Waals surface area contributed by atoms with Crippen LogP contribution in [0.15, 0.2) is 23.4 Å². The third-order valence-electron chi connectivity index (χ3n) is 3.84. The largest absolute Gasteiger partial charge is 0.369 e. The summed E-state index contributed by atoms with van der Waals surface area (Å²) in [6.07, 6.45) is 3.27. The standard InChI is InChI=1S/C15H15Cl2N5S.ClH/c1-7-2-3-20-10-4-8(9-6-12(16)23-14(9)17)5-11(13(7)10)21-22-15(18)19;/h2-3,6,8H,4-5H2,1H3,(H4,18,19,22);1H. The second-order valence-corrected chi connectivity index (χ2v) is 7.70. The van der Waals surface area contributed by atoms with Crippen molar-refractivity contribution in [3.63, 3.8) is 0 Å². The molecule has 0 saturated carbocycles. The van der Waals surface area contributed by atoms with Crippen LogP contribution in [0.5, 0.6) is 0 Å². The lowest BCUT2D eigenvalue weighted by Gasteiger charge is -2.26. The fourth-order valence-corrected chi connectivity index (χ4v) is 4.51. The molecule has 0 saturated heterocycles. The third-order valence-corrected chi connectivity index (χ3v) is 5.36. The van der Waals surface area contributed by atoms with Crippen LogP contribution in [0.1, 0.15) is 34.7 Å². The minimum atomic E-state index is -0.195. The van der Waals surface area contributed by atoms with Crippen LogP contribution < -0.4 is 11.2 Å². The molecule has 0 amide bonds. The number of fused-ring (bicyclic) bond motifs is 1. The molecule has 0 spiro atoms. The number of aromatic nitrogens is 1. The van der Waals surface area contributed by atoms with Crippen molar-refractivity contribution in [2.75, 3.05) is 0 Å². The predicted octanol–water partition coefficient (Wildman–Crippen LogP) is 4.10. The molecule has 2 aromatic rings. The number of nitrogens with zero attached hydrogens (tertiary/aromatic N) is 2. The lowest BCUT2D eigenvalue weighted by molar-refractivity contribution is 0.677. The number of hydrogen-bond donors (Lipinski definition) is 3. The molecule has 3 rings (SSSR count). The number of hydrazone groups is 1. The average molecular weight is 405 g/mol. The predicted molar refractivity (Wildman–Crippen MR) is 103 cm³/mol. The van der Waals surface area contributed by atoms with E-state index in [4.69, 9.17) is 34.3 Å². The van der Waals surface area contributed by atoms with E-state index in [1.165, 1.54) is 11.3 Å². The van der Waals surface area contributed by atoms with Crippen LogP contribution in [0.25, 0.3) is 0 Å². The maximum atomic E-state index is 7.31. The maximum Gasteiger partial charge on any atom is 0.206 e. The smallest absolute Gasteiger partial charge is 0.206 e. The van der Waals surface area contributed by atoms with E-state index in [9.17, 15) is 0 Å². The van der Waals surface area contributed by atoms with E-state index in [2.05, 4.69) is 15.5 Å². The van der Waals surface area contributed by atoms with Gasteiger partial charge in [-0.15, -0.1) is 23.7 Å². The molecule has 0 aromatic carbocycles. The van der Waals surface area contributed by atoms with Gasteiger partial charge in [0.25, 0.3) is 0 Å². The van der Waals surface area contributed by atoms with Gasteiger partial charge < -0.3 is 5.73 Å². The number of nitrogens with one attached hydrogen (secondary N) is 2. The van der Waals surface area contributed by atoms with Crippen molar-refractivity contribution in [3.05, 3.63) is 49.4 Å². The van der Waals surface area contributed by atoms with Gasteiger partial charge >= 0.3 is 0 Å². The number of aryl methyl sites for hydroxylation is 1. The lowest BCUT2D eigenvalue weighted by atomic mass is 9.81. The molecule has 24 heavy (non-hydrogen) atoms. The molecule has 5 nitrogen and oxygen atoms in total. The van der Waals surface area contributed by atoms with Crippen LogP contribution >= 0.6 is 46.9 Å². The molecule has 0 fully saturated rings. The molecule has 1 aliphatic rings. The quantitative estimate of drug-likeness (QED) is 0.400. The second kappa shape index (κ2) is 7.70. The zero-order chi connectivity index (χ0) is 16.6. The summed E-state index contributed by atoms with van der Waals surface area (Å²) in [4.78, 5) is 4.50. The highest BCUT2D eigenvalue weighted by molar-refractivity contribution is 7.20. The van der Waals surface area contributed by atoms with Crippen LogP contribution in [-0.4, -0.2) is 16.7 Å². The summed E-state index contributed by atoms with van der Waals surface area (Å²) in [5.41, 5.74) is 12.8. The van der Waals surface area contributed by atoms with E-state index in [0.29, 0.717) is 15.1 Å². The van der Waals surface area contributed by atoms with E-state index in [-0.39, 0.29) is 24.3 Å². The van der Waals surface area contributed by atoms with Crippen molar-refractivity contribution in [1.82, 2.24) is 10.4 Å². The van der Waals surface area contributed by atoms with E-state index in [1.807, 2.05) is 19.1 Å². The SMILES string of the molecule is Cc1ccnc2c1C(=NNC(=N)N)CC(c1cc(Cl)sc1Cl)C2.Cl. The van der Waals surface area contributed by atoms with Crippen molar-refractivity contribution >= 4 is 58.6 Å². The third kappa shape index (κ3) is 3.83. The molecular weight excluding hydrogens is 389 g/mol. The molecule has 0 radical (unpaired) electrons. The van der Waals surface area contributed by atoms with Gasteiger partial charge in [-0.3, -0.25) is 10.4 Å². The maximum absolute atomic E-state index is 7.31. The summed E-state index contributed by atoms with van der Waals surface area (Å²) < 4.78 is 1.38. The van der Waals surface area contributed by atoms with Crippen molar-refractivity contribution in [3.8, 4) is 0 Å². The Bertz CT molecular complexity index is 802. The van der Waals surface area contributed by atoms with Crippen LogP contribution in [0, 0.1) is 12.3 Å². The Morgan fingerprint density at radius 2 is 2.21 bits per heavy atom. The van der Waals surface area contributed by atoms with Gasteiger partial charge in [0.2, 0.25) is 5.96 Å². The minimum Gasteiger partial charge on any atom is -0.369 e. The first-order valence-electron chi connectivity index (χ1n) is 7.02. The number of pyridine rings is 1. The molecule has 1 unspecified atom stereocenters. The molecule has 0 bridgehead atoms. The van der Waals surface area contributed by atoms with Gasteiger partial charge in [0.15, 0.2) is 0 Å². The Labute approximate surface area is 160 Å². The second-order valence-electron chi connectivity index (χ2n) is 5.42. The molecule has 1 aliphatic carbocycles. The molecule has 2 heterocycles. The number of guanidine groups is 1. The highest BCUT2D eigenvalue weighted by Gasteiger charge is 2.29. The van der Waals surface area contributed by atoms with E-state index in [0.717, 1.165) is 34.5 Å². The number of thiophene rings is 1. The summed E-state index contributed by atoms with van der Waals surface area (Å²) >= 11 is 13.8. The molecule has 128 valence electrons. The van der Waals surface area contributed by atoms with Crippen LogP contribution in [0.3, 0.4) is 0 Å². The van der Waals surface area contributed by atoms with Crippen LogP contribution in [-0.2, 0) is 6.42 Å². The number of nitrogens with two attached hydrogens (primary N) is 1. The molecule has 0 aliphatic heterocycles. The van der Waals surface area contributed by atoms with E-state index < -0.39 is 0 Å².